The maximum absolute atomic E-state index is 13.6. The van der Waals surface area contributed by atoms with E-state index < -0.39 is 5.82 Å². The lowest BCUT2D eigenvalue weighted by Gasteiger charge is -2.10. The van der Waals surface area contributed by atoms with Crippen LogP contribution in [0.1, 0.15) is 27.2 Å². The molecule has 0 aliphatic rings. The van der Waals surface area contributed by atoms with E-state index in [9.17, 15) is 9.18 Å². The van der Waals surface area contributed by atoms with Crippen LogP contribution in [0.2, 0.25) is 0 Å². The Bertz CT molecular complexity index is 1250. The molecule has 158 valence electrons. The van der Waals surface area contributed by atoms with Gasteiger partial charge in [0, 0.05) is 6.54 Å². The Morgan fingerprint density at radius 2 is 2.06 bits per heavy atom. The fourth-order valence-electron chi connectivity index (χ4n) is 3.24. The van der Waals surface area contributed by atoms with Gasteiger partial charge in [-0.3, -0.25) is 9.89 Å². The van der Waals surface area contributed by atoms with Crippen LogP contribution in [-0.2, 0) is 6.54 Å². The van der Waals surface area contributed by atoms with E-state index in [0.29, 0.717) is 34.5 Å². The fraction of sp³-hybridized carbons (Fsp3) is 0.130. The van der Waals surface area contributed by atoms with E-state index in [0.717, 1.165) is 11.1 Å². The molecule has 0 saturated carbocycles. The van der Waals surface area contributed by atoms with Crippen molar-refractivity contribution < 1.29 is 18.7 Å². The van der Waals surface area contributed by atoms with E-state index in [1.807, 2.05) is 16.8 Å². The maximum Gasteiger partial charge on any atom is 0.255 e. The van der Waals surface area contributed by atoms with Gasteiger partial charge in [-0.25, -0.2) is 4.39 Å². The Morgan fingerprint density at radius 1 is 1.19 bits per heavy atom. The summed E-state index contributed by atoms with van der Waals surface area (Å²) in [5.41, 5.74) is 3.56. The molecule has 0 spiro atoms. The standard InChI is InChI=1S/C23H20FN3O3S/c1-29-20-11-14(3-6-17(20)24)4-7-18-21-19(27-26-18)8-5-16(22(21)30-2)23(28)25-12-15-9-10-31-13-15/h3-11,13H,12H2,1-2H3,(H,25,28)(H,26,27)/b7-4+. The minimum absolute atomic E-state index is 0.166. The van der Waals surface area contributed by atoms with E-state index in [2.05, 4.69) is 15.5 Å². The van der Waals surface area contributed by atoms with Crippen LogP contribution >= 0.6 is 11.3 Å². The number of amides is 1. The summed E-state index contributed by atoms with van der Waals surface area (Å²) in [7, 11) is 2.94. The van der Waals surface area contributed by atoms with Crippen LogP contribution in [0, 0.1) is 5.82 Å². The monoisotopic (exact) mass is 437 g/mol. The Morgan fingerprint density at radius 3 is 2.81 bits per heavy atom. The van der Waals surface area contributed by atoms with Crippen molar-refractivity contribution in [3.63, 3.8) is 0 Å². The first-order valence-corrected chi connectivity index (χ1v) is 10.4. The molecule has 2 N–H and O–H groups in total. The van der Waals surface area contributed by atoms with E-state index in [1.54, 1.807) is 47.8 Å². The van der Waals surface area contributed by atoms with Gasteiger partial charge in [0.25, 0.3) is 5.91 Å². The van der Waals surface area contributed by atoms with Gasteiger partial charge in [-0.1, -0.05) is 12.1 Å². The van der Waals surface area contributed by atoms with Gasteiger partial charge in [-0.05, 0) is 58.3 Å². The van der Waals surface area contributed by atoms with Crippen molar-refractivity contribution in [2.75, 3.05) is 14.2 Å². The molecule has 0 radical (unpaired) electrons. The number of nitrogens with one attached hydrogen (secondary N) is 2. The second-order valence-corrected chi connectivity index (χ2v) is 7.50. The fourth-order valence-corrected chi connectivity index (χ4v) is 3.91. The zero-order valence-electron chi connectivity index (χ0n) is 16.9. The Balaban J connectivity index is 1.66. The number of carbonyl (C=O) groups excluding carboxylic acids is 1. The third kappa shape index (κ3) is 4.29. The average Bonchev–Trinajstić information content (AvgIpc) is 3.46. The van der Waals surface area contributed by atoms with Gasteiger partial charge >= 0.3 is 0 Å². The zero-order valence-corrected chi connectivity index (χ0v) is 17.8. The van der Waals surface area contributed by atoms with Crippen LogP contribution in [0.3, 0.4) is 0 Å². The molecule has 4 aromatic rings. The number of aromatic nitrogens is 2. The predicted molar refractivity (Wildman–Crippen MR) is 120 cm³/mol. The number of benzene rings is 2. The summed E-state index contributed by atoms with van der Waals surface area (Å²) in [5.74, 6) is -0.0556. The van der Waals surface area contributed by atoms with Gasteiger partial charge in [0.2, 0.25) is 0 Å². The van der Waals surface area contributed by atoms with E-state index >= 15 is 0 Å². The summed E-state index contributed by atoms with van der Waals surface area (Å²) >= 11 is 1.58. The number of hydrogen-bond donors (Lipinski definition) is 2. The van der Waals surface area contributed by atoms with Crippen LogP contribution in [-0.4, -0.2) is 30.3 Å². The van der Waals surface area contributed by atoms with Crippen LogP contribution < -0.4 is 14.8 Å². The van der Waals surface area contributed by atoms with Gasteiger partial charge in [-0.2, -0.15) is 16.4 Å². The molecule has 0 atom stereocenters. The Labute approximate surface area is 182 Å². The van der Waals surface area contributed by atoms with Crippen LogP contribution in [0.5, 0.6) is 11.5 Å². The molecular formula is C23H20FN3O3S. The summed E-state index contributed by atoms with van der Waals surface area (Å²) in [6.45, 7) is 0.439. The Hall–Kier alpha value is -3.65. The summed E-state index contributed by atoms with van der Waals surface area (Å²) in [6.07, 6.45) is 3.61. The predicted octanol–water partition coefficient (Wildman–Crippen LogP) is 4.88. The van der Waals surface area contributed by atoms with Crippen LogP contribution in [0.25, 0.3) is 23.1 Å². The molecule has 8 heteroatoms. The van der Waals surface area contributed by atoms with E-state index in [1.165, 1.54) is 20.3 Å². The third-order valence-corrected chi connectivity index (χ3v) is 5.53. The van der Waals surface area contributed by atoms with Gasteiger partial charge in [-0.15, -0.1) is 0 Å². The summed E-state index contributed by atoms with van der Waals surface area (Å²) in [5, 5.41) is 14.8. The molecule has 1 amide bonds. The highest BCUT2D eigenvalue weighted by molar-refractivity contribution is 7.07. The highest BCUT2D eigenvalue weighted by Gasteiger charge is 2.18. The second kappa shape index (κ2) is 9.01. The first kappa shape index (κ1) is 20.6. The van der Waals surface area contributed by atoms with Crippen LogP contribution in [0.15, 0.2) is 47.2 Å². The zero-order chi connectivity index (χ0) is 21.8. The number of aromatic amines is 1. The molecule has 2 aromatic heterocycles. The number of ether oxygens (including phenoxy) is 2. The number of hydrogen-bond acceptors (Lipinski definition) is 5. The lowest BCUT2D eigenvalue weighted by Crippen LogP contribution is -2.23. The number of nitrogens with zero attached hydrogens (tertiary/aromatic N) is 1. The van der Waals surface area contributed by atoms with Crippen molar-refractivity contribution in [2.45, 2.75) is 6.54 Å². The third-order valence-electron chi connectivity index (χ3n) is 4.80. The molecule has 0 bridgehead atoms. The Kier molecular flexibility index (Phi) is 5.99. The van der Waals surface area contributed by atoms with E-state index in [-0.39, 0.29) is 11.7 Å². The smallest absolute Gasteiger partial charge is 0.255 e. The van der Waals surface area contributed by atoms with Crippen molar-refractivity contribution in [3.05, 3.63) is 75.4 Å². The first-order valence-electron chi connectivity index (χ1n) is 9.46. The number of halogens is 1. The lowest BCUT2D eigenvalue weighted by atomic mass is 10.1. The number of rotatable bonds is 7. The number of H-pyrrole nitrogens is 1. The molecule has 0 aliphatic heterocycles. The molecule has 31 heavy (non-hydrogen) atoms. The summed E-state index contributed by atoms with van der Waals surface area (Å²) in [4.78, 5) is 12.8. The highest BCUT2D eigenvalue weighted by atomic mass is 32.1. The van der Waals surface area contributed by atoms with Crippen molar-refractivity contribution in [1.82, 2.24) is 15.5 Å². The first-order chi connectivity index (χ1) is 15.1. The molecule has 6 nitrogen and oxygen atoms in total. The minimum Gasteiger partial charge on any atom is -0.495 e. The number of methoxy groups -OCH3 is 2. The second-order valence-electron chi connectivity index (χ2n) is 6.72. The van der Waals surface area contributed by atoms with E-state index in [4.69, 9.17) is 9.47 Å². The maximum atomic E-state index is 13.6. The van der Waals surface area contributed by atoms with Gasteiger partial charge < -0.3 is 14.8 Å². The van der Waals surface area contributed by atoms with Crippen molar-refractivity contribution in [3.8, 4) is 11.5 Å². The average molecular weight is 437 g/mol. The van der Waals surface area contributed by atoms with Gasteiger partial charge in [0.15, 0.2) is 11.6 Å². The summed E-state index contributed by atoms with van der Waals surface area (Å²) in [6, 6.07) is 10.0. The van der Waals surface area contributed by atoms with Crippen molar-refractivity contribution in [1.29, 1.82) is 0 Å². The molecule has 0 aliphatic carbocycles. The normalized spacial score (nSPS) is 11.2. The number of carbonyl (C=O) groups is 1. The number of fused-ring (bicyclic) bond motifs is 1. The largest absolute Gasteiger partial charge is 0.495 e. The van der Waals surface area contributed by atoms with Gasteiger partial charge in [0.1, 0.15) is 5.75 Å². The molecule has 2 heterocycles. The molecule has 2 aromatic carbocycles. The number of thiophene rings is 1. The van der Waals surface area contributed by atoms with Crippen LogP contribution in [0.4, 0.5) is 4.39 Å². The van der Waals surface area contributed by atoms with Crippen molar-refractivity contribution >= 4 is 40.3 Å². The SMILES string of the molecule is COc1cc(/C=C/c2[nH]nc3ccc(C(=O)NCc4ccsc4)c(OC)c23)ccc1F. The molecular weight excluding hydrogens is 417 g/mol. The summed E-state index contributed by atoms with van der Waals surface area (Å²) < 4.78 is 24.3. The van der Waals surface area contributed by atoms with Gasteiger partial charge in [0.05, 0.1) is 36.4 Å². The van der Waals surface area contributed by atoms with Crippen molar-refractivity contribution in [2.24, 2.45) is 0 Å². The molecule has 0 unspecified atom stereocenters. The quantitative estimate of drug-likeness (QED) is 0.432. The lowest BCUT2D eigenvalue weighted by molar-refractivity contribution is 0.0948. The molecule has 4 rings (SSSR count). The molecule has 0 fully saturated rings. The molecule has 0 saturated heterocycles. The topological polar surface area (TPSA) is 76.2 Å². The highest BCUT2D eigenvalue weighted by Crippen LogP contribution is 2.32. The minimum atomic E-state index is -0.425.